The third-order valence-electron chi connectivity index (χ3n) is 3.29. The van der Waals surface area contributed by atoms with Gasteiger partial charge >= 0.3 is 0 Å². The molecule has 0 saturated heterocycles. The fourth-order valence-corrected chi connectivity index (χ4v) is 2.56. The van der Waals surface area contributed by atoms with Crippen LogP contribution in [0.3, 0.4) is 0 Å². The minimum atomic E-state index is -0.666. The van der Waals surface area contributed by atoms with Crippen LogP contribution in [0.15, 0.2) is 42.5 Å². The number of ether oxygens (including phenoxy) is 2. The molecule has 0 radical (unpaired) electrons. The highest BCUT2D eigenvalue weighted by Crippen LogP contribution is 2.38. The van der Waals surface area contributed by atoms with Crippen LogP contribution >= 0.6 is 11.6 Å². The third-order valence-corrected chi connectivity index (χ3v) is 3.62. The lowest BCUT2D eigenvalue weighted by Crippen LogP contribution is -2.16. The summed E-state index contributed by atoms with van der Waals surface area (Å²) in [6, 6.07) is 13.3. The molecular weight excluding hydrogens is 276 g/mol. The largest absolute Gasteiger partial charge is 0.486 e. The summed E-state index contributed by atoms with van der Waals surface area (Å²) in [5.74, 6) is 1.28. The van der Waals surface area contributed by atoms with E-state index >= 15 is 0 Å². The van der Waals surface area contributed by atoms with E-state index in [0.29, 0.717) is 41.7 Å². The smallest absolute Gasteiger partial charge is 0.162 e. The van der Waals surface area contributed by atoms with Gasteiger partial charge in [0.2, 0.25) is 0 Å². The summed E-state index contributed by atoms with van der Waals surface area (Å²) in [5, 5.41) is 10.9. The summed E-state index contributed by atoms with van der Waals surface area (Å²) in [5.41, 5.74) is 1.73. The lowest BCUT2D eigenvalue weighted by Gasteiger charge is -2.21. The van der Waals surface area contributed by atoms with E-state index in [1.54, 1.807) is 12.1 Å². The molecule has 4 heteroatoms. The van der Waals surface area contributed by atoms with Gasteiger partial charge < -0.3 is 14.6 Å². The number of halogens is 1. The maximum Gasteiger partial charge on any atom is 0.162 e. The van der Waals surface area contributed by atoms with Crippen molar-refractivity contribution in [3.05, 3.63) is 58.6 Å². The second kappa shape index (κ2) is 5.73. The molecule has 0 spiro atoms. The summed E-state index contributed by atoms with van der Waals surface area (Å²) in [6.45, 7) is 1.04. The van der Waals surface area contributed by atoms with Gasteiger partial charge in [-0.1, -0.05) is 41.9 Å². The van der Waals surface area contributed by atoms with Gasteiger partial charge in [0.15, 0.2) is 11.5 Å². The van der Waals surface area contributed by atoms with Crippen molar-refractivity contribution in [2.24, 2.45) is 0 Å². The Morgan fingerprint density at radius 2 is 1.70 bits per heavy atom. The van der Waals surface area contributed by atoms with Crippen LogP contribution in [-0.2, 0) is 6.42 Å². The number of rotatable bonds is 3. The van der Waals surface area contributed by atoms with Crippen LogP contribution in [0.5, 0.6) is 11.5 Å². The monoisotopic (exact) mass is 290 g/mol. The summed E-state index contributed by atoms with van der Waals surface area (Å²) in [6.07, 6.45) is -0.152. The van der Waals surface area contributed by atoms with Crippen LogP contribution in [0.25, 0.3) is 0 Å². The summed E-state index contributed by atoms with van der Waals surface area (Å²) >= 11 is 6.23. The Balaban J connectivity index is 1.86. The average molecular weight is 291 g/mol. The molecule has 1 N–H and O–H groups in total. The second-order valence-electron chi connectivity index (χ2n) is 4.72. The van der Waals surface area contributed by atoms with Gasteiger partial charge in [0, 0.05) is 18.1 Å². The van der Waals surface area contributed by atoms with Crippen molar-refractivity contribution < 1.29 is 14.6 Å². The molecule has 1 aliphatic heterocycles. The SMILES string of the molecule is OC(Cc1ccccc1)c1cc2c(cc1Cl)OCCO2. The molecule has 0 saturated carbocycles. The molecule has 0 amide bonds. The zero-order valence-electron chi connectivity index (χ0n) is 10.9. The summed E-state index contributed by atoms with van der Waals surface area (Å²) in [7, 11) is 0. The van der Waals surface area contributed by atoms with E-state index in [1.165, 1.54) is 0 Å². The molecule has 104 valence electrons. The van der Waals surface area contributed by atoms with E-state index in [2.05, 4.69) is 0 Å². The van der Waals surface area contributed by atoms with E-state index in [4.69, 9.17) is 21.1 Å². The van der Waals surface area contributed by atoms with Crippen molar-refractivity contribution in [2.75, 3.05) is 13.2 Å². The zero-order chi connectivity index (χ0) is 13.9. The number of aliphatic hydroxyl groups is 1. The van der Waals surface area contributed by atoms with Crippen molar-refractivity contribution in [1.29, 1.82) is 0 Å². The number of aliphatic hydroxyl groups excluding tert-OH is 1. The first kappa shape index (κ1) is 13.3. The van der Waals surface area contributed by atoms with Gasteiger partial charge in [0.1, 0.15) is 13.2 Å². The van der Waals surface area contributed by atoms with Crippen LogP contribution in [0.2, 0.25) is 5.02 Å². The fraction of sp³-hybridized carbons (Fsp3) is 0.250. The van der Waals surface area contributed by atoms with Gasteiger partial charge in [-0.25, -0.2) is 0 Å². The molecule has 0 fully saturated rings. The first-order valence-electron chi connectivity index (χ1n) is 6.55. The van der Waals surface area contributed by atoms with Crippen molar-refractivity contribution in [3.8, 4) is 11.5 Å². The van der Waals surface area contributed by atoms with Gasteiger partial charge in [-0.2, -0.15) is 0 Å². The molecule has 1 unspecified atom stereocenters. The van der Waals surface area contributed by atoms with E-state index in [1.807, 2.05) is 30.3 Å². The molecule has 3 nitrogen and oxygen atoms in total. The van der Waals surface area contributed by atoms with E-state index in [9.17, 15) is 5.11 Å². The number of benzene rings is 2. The van der Waals surface area contributed by atoms with Crippen molar-refractivity contribution in [1.82, 2.24) is 0 Å². The normalized spacial score (nSPS) is 14.9. The van der Waals surface area contributed by atoms with Crippen molar-refractivity contribution in [2.45, 2.75) is 12.5 Å². The molecule has 0 aromatic heterocycles. The Bertz CT molecular complexity index is 598. The van der Waals surface area contributed by atoms with E-state index in [-0.39, 0.29) is 0 Å². The van der Waals surface area contributed by atoms with Gasteiger partial charge in [-0.3, -0.25) is 0 Å². The maximum atomic E-state index is 10.4. The molecule has 2 aromatic rings. The van der Waals surface area contributed by atoms with E-state index < -0.39 is 6.10 Å². The van der Waals surface area contributed by atoms with Gasteiger partial charge in [-0.15, -0.1) is 0 Å². The van der Waals surface area contributed by atoms with Gasteiger partial charge in [0.05, 0.1) is 11.1 Å². The first-order chi connectivity index (χ1) is 9.74. The highest BCUT2D eigenvalue weighted by atomic mass is 35.5. The van der Waals surface area contributed by atoms with Crippen molar-refractivity contribution in [3.63, 3.8) is 0 Å². The predicted molar refractivity (Wildman–Crippen MR) is 77.5 cm³/mol. The maximum absolute atomic E-state index is 10.4. The molecule has 20 heavy (non-hydrogen) atoms. The van der Waals surface area contributed by atoms with Crippen LogP contribution in [0, 0.1) is 0 Å². The van der Waals surface area contributed by atoms with E-state index in [0.717, 1.165) is 5.56 Å². The summed E-state index contributed by atoms with van der Waals surface area (Å²) < 4.78 is 11.0. The van der Waals surface area contributed by atoms with Crippen LogP contribution < -0.4 is 9.47 Å². The Morgan fingerprint density at radius 3 is 2.40 bits per heavy atom. The molecule has 3 rings (SSSR count). The second-order valence-corrected chi connectivity index (χ2v) is 5.13. The lowest BCUT2D eigenvalue weighted by atomic mass is 10.0. The predicted octanol–water partition coefficient (Wildman–Crippen LogP) is 3.39. The standard InChI is InChI=1S/C16H15ClO3/c17-13-10-16-15(19-6-7-20-16)9-12(13)14(18)8-11-4-2-1-3-5-11/h1-5,9-10,14,18H,6-8H2. The Hall–Kier alpha value is -1.71. The topological polar surface area (TPSA) is 38.7 Å². The zero-order valence-corrected chi connectivity index (χ0v) is 11.6. The third kappa shape index (κ3) is 2.74. The number of hydrogen-bond acceptors (Lipinski definition) is 3. The fourth-order valence-electron chi connectivity index (χ4n) is 2.28. The molecule has 0 aliphatic carbocycles. The molecule has 1 atom stereocenters. The molecule has 1 heterocycles. The van der Waals surface area contributed by atoms with Gasteiger partial charge in [0.25, 0.3) is 0 Å². The van der Waals surface area contributed by atoms with Crippen molar-refractivity contribution >= 4 is 11.6 Å². The lowest BCUT2D eigenvalue weighted by molar-refractivity contribution is 0.164. The van der Waals surface area contributed by atoms with Crippen LogP contribution in [-0.4, -0.2) is 18.3 Å². The number of fused-ring (bicyclic) bond motifs is 1. The molecule has 0 bridgehead atoms. The highest BCUT2D eigenvalue weighted by Gasteiger charge is 2.19. The van der Waals surface area contributed by atoms with Gasteiger partial charge in [-0.05, 0) is 11.6 Å². The molecule has 1 aliphatic rings. The Morgan fingerprint density at radius 1 is 1.05 bits per heavy atom. The highest BCUT2D eigenvalue weighted by molar-refractivity contribution is 6.31. The average Bonchev–Trinajstić information content (AvgIpc) is 2.47. The Labute approximate surface area is 122 Å². The Kier molecular flexibility index (Phi) is 3.81. The minimum absolute atomic E-state index is 0.498. The molecular formula is C16H15ClO3. The quantitative estimate of drug-likeness (QED) is 0.942. The van der Waals surface area contributed by atoms with Crippen LogP contribution in [0.1, 0.15) is 17.2 Å². The number of hydrogen-bond donors (Lipinski definition) is 1. The summed E-state index contributed by atoms with van der Waals surface area (Å²) in [4.78, 5) is 0. The minimum Gasteiger partial charge on any atom is -0.486 e. The first-order valence-corrected chi connectivity index (χ1v) is 6.93. The molecule has 2 aromatic carbocycles. The van der Waals surface area contributed by atoms with Crippen LogP contribution in [0.4, 0.5) is 0 Å².